The number of nitrogens with one attached hydrogen (secondary N) is 1. The lowest BCUT2D eigenvalue weighted by molar-refractivity contribution is -0.384. The first kappa shape index (κ1) is 18.5. The SMILES string of the molecule is Cc1cc([N+](=O)[O-])ccc1NC(=O)COC(=O)c1ccc(Br)cc1F. The Morgan fingerprint density at radius 2 is 2.00 bits per heavy atom. The number of nitrogens with zero attached hydrogens (tertiary/aromatic N) is 1. The van der Waals surface area contributed by atoms with Gasteiger partial charge in [0, 0.05) is 22.3 Å². The van der Waals surface area contributed by atoms with Crippen LogP contribution in [0, 0.1) is 22.9 Å². The number of amides is 1. The lowest BCUT2D eigenvalue weighted by atomic mass is 10.2. The molecule has 9 heteroatoms. The fourth-order valence-corrected chi connectivity index (χ4v) is 2.28. The molecule has 25 heavy (non-hydrogen) atoms. The van der Waals surface area contributed by atoms with Gasteiger partial charge in [0.15, 0.2) is 6.61 Å². The Labute approximate surface area is 150 Å². The van der Waals surface area contributed by atoms with E-state index in [-0.39, 0.29) is 11.3 Å². The van der Waals surface area contributed by atoms with Gasteiger partial charge in [0.2, 0.25) is 0 Å². The van der Waals surface area contributed by atoms with Gasteiger partial charge in [-0.25, -0.2) is 9.18 Å². The van der Waals surface area contributed by atoms with Gasteiger partial charge in [-0.05, 0) is 36.8 Å². The summed E-state index contributed by atoms with van der Waals surface area (Å²) in [6.07, 6.45) is 0. The molecule has 0 heterocycles. The number of nitro benzene ring substituents is 1. The van der Waals surface area contributed by atoms with Crippen molar-refractivity contribution < 1.29 is 23.6 Å². The quantitative estimate of drug-likeness (QED) is 0.461. The summed E-state index contributed by atoms with van der Waals surface area (Å²) in [6, 6.07) is 7.74. The summed E-state index contributed by atoms with van der Waals surface area (Å²) in [4.78, 5) is 33.7. The van der Waals surface area contributed by atoms with Gasteiger partial charge in [-0.3, -0.25) is 14.9 Å². The zero-order chi connectivity index (χ0) is 18.6. The Kier molecular flexibility index (Phi) is 5.81. The average molecular weight is 411 g/mol. The molecule has 0 fully saturated rings. The molecule has 0 spiro atoms. The molecule has 0 radical (unpaired) electrons. The number of ether oxygens (including phenoxy) is 1. The van der Waals surface area contributed by atoms with Crippen molar-refractivity contribution >= 4 is 39.2 Å². The molecule has 0 unspecified atom stereocenters. The molecule has 2 aromatic rings. The van der Waals surface area contributed by atoms with Crippen molar-refractivity contribution in [2.75, 3.05) is 11.9 Å². The number of aryl methyl sites for hydroxylation is 1. The maximum Gasteiger partial charge on any atom is 0.341 e. The number of hydrogen-bond donors (Lipinski definition) is 1. The van der Waals surface area contributed by atoms with Crippen LogP contribution in [0.3, 0.4) is 0 Å². The molecule has 0 saturated carbocycles. The molecular formula is C16H12BrFN2O5. The minimum atomic E-state index is -0.972. The van der Waals surface area contributed by atoms with Crippen molar-refractivity contribution in [3.63, 3.8) is 0 Å². The van der Waals surface area contributed by atoms with Crippen LogP contribution in [0.1, 0.15) is 15.9 Å². The summed E-state index contributed by atoms with van der Waals surface area (Å²) in [5.74, 6) is -2.39. The third kappa shape index (κ3) is 4.83. The predicted octanol–water partition coefficient (Wildman–Crippen LogP) is 3.60. The van der Waals surface area contributed by atoms with E-state index in [4.69, 9.17) is 4.74 Å². The standard InChI is InChI=1S/C16H12BrFN2O5/c1-9-6-11(20(23)24)3-5-14(9)19-15(21)8-25-16(22)12-4-2-10(17)7-13(12)18/h2-7H,8H2,1H3,(H,19,21). The van der Waals surface area contributed by atoms with Crippen molar-refractivity contribution in [1.29, 1.82) is 0 Å². The van der Waals surface area contributed by atoms with Crippen LogP contribution in [0.15, 0.2) is 40.9 Å². The van der Waals surface area contributed by atoms with E-state index < -0.39 is 29.2 Å². The van der Waals surface area contributed by atoms with E-state index in [0.717, 1.165) is 6.07 Å². The molecule has 0 bridgehead atoms. The van der Waals surface area contributed by atoms with E-state index in [1.807, 2.05) is 0 Å². The minimum Gasteiger partial charge on any atom is -0.452 e. The summed E-state index contributed by atoms with van der Waals surface area (Å²) < 4.78 is 18.9. The van der Waals surface area contributed by atoms with Crippen molar-refractivity contribution in [3.05, 3.63) is 67.9 Å². The van der Waals surface area contributed by atoms with Crippen LogP contribution in [0.2, 0.25) is 0 Å². The Balaban J connectivity index is 1.96. The van der Waals surface area contributed by atoms with E-state index in [1.54, 1.807) is 6.92 Å². The first-order chi connectivity index (χ1) is 11.8. The zero-order valence-corrected chi connectivity index (χ0v) is 14.5. The Morgan fingerprint density at radius 3 is 2.60 bits per heavy atom. The highest BCUT2D eigenvalue weighted by Gasteiger charge is 2.16. The third-order valence-corrected chi connectivity index (χ3v) is 3.67. The van der Waals surface area contributed by atoms with Gasteiger partial charge < -0.3 is 10.1 Å². The second-order valence-corrected chi connectivity index (χ2v) is 5.92. The molecule has 0 aromatic heterocycles. The van der Waals surface area contributed by atoms with Crippen molar-refractivity contribution in [3.8, 4) is 0 Å². The van der Waals surface area contributed by atoms with Crippen LogP contribution < -0.4 is 5.32 Å². The predicted molar refractivity (Wildman–Crippen MR) is 90.8 cm³/mol. The second-order valence-electron chi connectivity index (χ2n) is 5.00. The summed E-state index contributed by atoms with van der Waals surface area (Å²) in [7, 11) is 0. The van der Waals surface area contributed by atoms with Gasteiger partial charge in [-0.1, -0.05) is 15.9 Å². The highest BCUT2D eigenvalue weighted by Crippen LogP contribution is 2.21. The van der Waals surface area contributed by atoms with Gasteiger partial charge in [-0.2, -0.15) is 0 Å². The Morgan fingerprint density at radius 1 is 1.28 bits per heavy atom. The van der Waals surface area contributed by atoms with Crippen LogP contribution in [0.4, 0.5) is 15.8 Å². The summed E-state index contributed by atoms with van der Waals surface area (Å²) in [5.41, 5.74) is 0.435. The second kappa shape index (κ2) is 7.84. The first-order valence-corrected chi connectivity index (χ1v) is 7.74. The Hall–Kier alpha value is -2.81. The van der Waals surface area contributed by atoms with Crippen LogP contribution in [-0.2, 0) is 9.53 Å². The highest BCUT2D eigenvalue weighted by atomic mass is 79.9. The number of esters is 1. The van der Waals surface area contributed by atoms with E-state index in [2.05, 4.69) is 21.2 Å². The first-order valence-electron chi connectivity index (χ1n) is 6.95. The zero-order valence-electron chi connectivity index (χ0n) is 12.9. The monoisotopic (exact) mass is 410 g/mol. The number of hydrogen-bond acceptors (Lipinski definition) is 5. The van der Waals surface area contributed by atoms with Gasteiger partial charge in [0.25, 0.3) is 11.6 Å². The lowest BCUT2D eigenvalue weighted by Gasteiger charge is -2.09. The molecule has 0 aliphatic heterocycles. The number of halogens is 2. The largest absolute Gasteiger partial charge is 0.452 e. The fourth-order valence-electron chi connectivity index (χ4n) is 1.95. The van der Waals surface area contributed by atoms with Gasteiger partial charge >= 0.3 is 5.97 Å². The lowest BCUT2D eigenvalue weighted by Crippen LogP contribution is -2.21. The molecule has 2 aromatic carbocycles. The topological polar surface area (TPSA) is 98.5 Å². The number of carbonyl (C=O) groups is 2. The number of anilines is 1. The molecule has 7 nitrogen and oxygen atoms in total. The van der Waals surface area contributed by atoms with Crippen LogP contribution in [-0.4, -0.2) is 23.4 Å². The van der Waals surface area contributed by atoms with Crippen molar-refractivity contribution in [2.24, 2.45) is 0 Å². The fraction of sp³-hybridized carbons (Fsp3) is 0.125. The van der Waals surface area contributed by atoms with Crippen molar-refractivity contribution in [1.82, 2.24) is 0 Å². The van der Waals surface area contributed by atoms with E-state index in [1.165, 1.54) is 30.3 Å². The summed E-state index contributed by atoms with van der Waals surface area (Å²) >= 11 is 3.07. The van der Waals surface area contributed by atoms with Crippen LogP contribution >= 0.6 is 15.9 Å². The van der Waals surface area contributed by atoms with Crippen LogP contribution in [0.25, 0.3) is 0 Å². The third-order valence-electron chi connectivity index (χ3n) is 3.18. The Bertz CT molecular complexity index is 856. The maximum absolute atomic E-state index is 13.6. The van der Waals surface area contributed by atoms with E-state index in [0.29, 0.717) is 15.7 Å². The van der Waals surface area contributed by atoms with Gasteiger partial charge in [0.05, 0.1) is 10.5 Å². The average Bonchev–Trinajstić information content (AvgIpc) is 2.54. The van der Waals surface area contributed by atoms with E-state index >= 15 is 0 Å². The minimum absolute atomic E-state index is 0.104. The molecule has 1 N–H and O–H groups in total. The molecule has 2 rings (SSSR count). The van der Waals surface area contributed by atoms with Gasteiger partial charge in [0.1, 0.15) is 5.82 Å². The number of rotatable bonds is 5. The van der Waals surface area contributed by atoms with E-state index in [9.17, 15) is 24.1 Å². The number of nitro groups is 1. The number of carbonyl (C=O) groups excluding carboxylic acids is 2. The molecule has 1 amide bonds. The van der Waals surface area contributed by atoms with Crippen LogP contribution in [0.5, 0.6) is 0 Å². The molecular weight excluding hydrogens is 399 g/mol. The van der Waals surface area contributed by atoms with Gasteiger partial charge in [-0.15, -0.1) is 0 Å². The number of benzene rings is 2. The number of non-ortho nitro benzene ring substituents is 1. The molecule has 0 aliphatic rings. The smallest absolute Gasteiger partial charge is 0.341 e. The normalized spacial score (nSPS) is 10.2. The summed E-state index contributed by atoms with van der Waals surface area (Å²) in [6.45, 7) is 0.969. The molecule has 0 saturated heterocycles. The maximum atomic E-state index is 13.6. The van der Waals surface area contributed by atoms with Crippen molar-refractivity contribution in [2.45, 2.75) is 6.92 Å². The highest BCUT2D eigenvalue weighted by molar-refractivity contribution is 9.10. The molecule has 0 aliphatic carbocycles. The molecule has 0 atom stereocenters. The summed E-state index contributed by atoms with van der Waals surface area (Å²) in [5, 5.41) is 13.1. The molecule has 130 valence electrons.